The van der Waals surface area contributed by atoms with Gasteiger partial charge in [-0.2, -0.15) is 0 Å². The zero-order valence-corrected chi connectivity index (χ0v) is 17.3. The van der Waals surface area contributed by atoms with Gasteiger partial charge in [0, 0.05) is 33.7 Å². The van der Waals surface area contributed by atoms with E-state index in [1.54, 1.807) is 0 Å². The minimum atomic E-state index is -1.36. The van der Waals surface area contributed by atoms with Crippen LogP contribution in [0.2, 0.25) is 0 Å². The Morgan fingerprint density at radius 2 is 2.15 bits per heavy atom. The van der Waals surface area contributed by atoms with E-state index in [0.717, 1.165) is 15.6 Å². The molecule has 0 radical (unpaired) electrons. The number of nitrogens with two attached hydrogens (primary N) is 1. The summed E-state index contributed by atoms with van der Waals surface area (Å²) in [6, 6.07) is 3.29. The summed E-state index contributed by atoms with van der Waals surface area (Å²) in [4.78, 5) is 30.0. The van der Waals surface area contributed by atoms with Crippen LogP contribution in [0.3, 0.4) is 0 Å². The first-order valence-corrected chi connectivity index (χ1v) is 10.4. The monoisotopic (exact) mass is 442 g/mol. The molecule has 1 fully saturated rings. The van der Waals surface area contributed by atoms with Gasteiger partial charge in [0.1, 0.15) is 18.5 Å². The Hall–Kier alpha value is -1.59. The average Bonchev–Trinajstić information content (AvgIpc) is 3.09. The summed E-state index contributed by atoms with van der Waals surface area (Å²) < 4.78 is 2.66. The number of nitrogens with zero attached hydrogens (tertiary/aromatic N) is 3. The molecule has 2 N–H and O–H groups in total. The van der Waals surface area contributed by atoms with Crippen LogP contribution < -0.4 is 15.4 Å². The second kappa shape index (κ2) is 7.80. The van der Waals surface area contributed by atoms with E-state index in [9.17, 15) is 14.7 Å². The number of amides is 1. The molecule has 2 aliphatic heterocycles. The third-order valence-corrected chi connectivity index (χ3v) is 7.64. The largest absolute Gasteiger partial charge is 0.543 e. The van der Waals surface area contributed by atoms with Gasteiger partial charge in [-0.1, -0.05) is 11.8 Å². The lowest BCUT2D eigenvalue weighted by atomic mass is 10.1. The van der Waals surface area contributed by atoms with Gasteiger partial charge in [-0.25, -0.2) is 9.55 Å². The summed E-state index contributed by atoms with van der Waals surface area (Å²) in [5.41, 5.74) is 7.49. The number of pyridine rings is 1. The number of hydrogen-bond donors (Lipinski definition) is 1. The SMILES string of the molecule is C[n+]1ccc(-c2csc(SC3=C(C(=O)[O-])N4C(=O)C(N)C4SC3)n2)cc1.Cl. The Kier molecular flexibility index (Phi) is 5.82. The molecule has 0 bridgehead atoms. The number of β-lactam (4-membered cyclic amide) rings is 1. The summed E-state index contributed by atoms with van der Waals surface area (Å²) in [5, 5.41) is 13.2. The van der Waals surface area contributed by atoms with Crippen molar-refractivity contribution in [3.63, 3.8) is 0 Å². The summed E-state index contributed by atoms with van der Waals surface area (Å²) >= 11 is 4.17. The van der Waals surface area contributed by atoms with Gasteiger partial charge in [-0.3, -0.25) is 9.69 Å². The van der Waals surface area contributed by atoms with Crippen molar-refractivity contribution in [2.75, 3.05) is 5.75 Å². The number of carbonyl (C=O) groups is 2. The highest BCUT2D eigenvalue weighted by Crippen LogP contribution is 2.45. The van der Waals surface area contributed by atoms with Crippen LogP contribution in [0.15, 0.2) is 44.8 Å². The third-order valence-electron chi connectivity index (χ3n) is 4.14. The molecule has 27 heavy (non-hydrogen) atoms. The molecule has 4 heterocycles. The molecule has 0 aliphatic carbocycles. The molecule has 4 rings (SSSR count). The van der Waals surface area contributed by atoms with Crippen LogP contribution in [0.5, 0.6) is 0 Å². The molecule has 1 amide bonds. The van der Waals surface area contributed by atoms with Gasteiger partial charge >= 0.3 is 0 Å². The van der Waals surface area contributed by atoms with Crippen molar-refractivity contribution in [2.45, 2.75) is 15.8 Å². The van der Waals surface area contributed by atoms with Gasteiger partial charge in [0.05, 0.1) is 17.4 Å². The minimum Gasteiger partial charge on any atom is -0.543 e. The third kappa shape index (κ3) is 3.59. The van der Waals surface area contributed by atoms with Crippen LogP contribution >= 0.6 is 47.3 Å². The maximum absolute atomic E-state index is 12.0. The highest BCUT2D eigenvalue weighted by atomic mass is 35.5. The van der Waals surface area contributed by atoms with E-state index >= 15 is 0 Å². The van der Waals surface area contributed by atoms with E-state index in [-0.39, 0.29) is 29.4 Å². The van der Waals surface area contributed by atoms with Crippen molar-refractivity contribution in [3.05, 3.63) is 40.5 Å². The van der Waals surface area contributed by atoms with Crippen LogP contribution in [-0.4, -0.2) is 38.9 Å². The Labute approximate surface area is 174 Å². The van der Waals surface area contributed by atoms with Crippen molar-refractivity contribution < 1.29 is 19.3 Å². The molecule has 1 saturated heterocycles. The van der Waals surface area contributed by atoms with Gasteiger partial charge in [0.15, 0.2) is 16.7 Å². The lowest BCUT2D eigenvalue weighted by Gasteiger charge is -2.49. The van der Waals surface area contributed by atoms with Gasteiger partial charge in [-0.15, -0.1) is 35.5 Å². The number of halogens is 1. The highest BCUT2D eigenvalue weighted by molar-refractivity contribution is 8.07. The zero-order valence-electron chi connectivity index (χ0n) is 14.0. The normalized spacial score (nSPS) is 21.4. The molecule has 7 nitrogen and oxygen atoms in total. The smallest absolute Gasteiger partial charge is 0.248 e. The van der Waals surface area contributed by atoms with Crippen LogP contribution in [0.1, 0.15) is 0 Å². The predicted molar refractivity (Wildman–Crippen MR) is 105 cm³/mol. The second-order valence-corrected chi connectivity index (χ2v) is 9.15. The number of carboxylic acid groups (broad SMARTS) is 1. The molecule has 142 valence electrons. The van der Waals surface area contributed by atoms with Crippen LogP contribution in [-0.2, 0) is 16.6 Å². The molecule has 0 aromatic carbocycles. The lowest BCUT2D eigenvalue weighted by Crippen LogP contribution is -2.69. The van der Waals surface area contributed by atoms with Crippen molar-refractivity contribution in [3.8, 4) is 11.3 Å². The molecule has 11 heteroatoms. The number of thioether (sulfide) groups is 2. The fourth-order valence-corrected chi connectivity index (χ4v) is 6.17. The fraction of sp³-hybridized carbons (Fsp3) is 0.250. The summed E-state index contributed by atoms with van der Waals surface area (Å²) in [6.07, 6.45) is 3.88. The Bertz CT molecular complexity index is 931. The average molecular weight is 443 g/mol. The second-order valence-electron chi connectivity index (χ2n) is 5.85. The first kappa shape index (κ1) is 20.2. The number of aromatic nitrogens is 2. The number of rotatable bonds is 4. The molecule has 0 spiro atoms. The molecule has 2 unspecified atom stereocenters. The number of carbonyl (C=O) groups excluding carboxylic acids is 2. The predicted octanol–water partition coefficient (Wildman–Crippen LogP) is 0.352. The van der Waals surface area contributed by atoms with Crippen molar-refractivity contribution >= 4 is 59.1 Å². The van der Waals surface area contributed by atoms with Crippen molar-refractivity contribution in [2.24, 2.45) is 12.8 Å². The van der Waals surface area contributed by atoms with Crippen molar-refractivity contribution in [1.82, 2.24) is 9.88 Å². The van der Waals surface area contributed by atoms with E-state index in [4.69, 9.17) is 5.73 Å². The zero-order chi connectivity index (χ0) is 18.4. The fourth-order valence-electron chi connectivity index (χ4n) is 2.77. The van der Waals surface area contributed by atoms with E-state index in [1.807, 2.05) is 41.5 Å². The van der Waals surface area contributed by atoms with Crippen LogP contribution in [0.25, 0.3) is 11.3 Å². The number of aliphatic carboxylic acids is 1. The molecular weight excluding hydrogens is 428 g/mol. The Balaban J connectivity index is 0.00000210. The number of hydrogen-bond acceptors (Lipinski definition) is 8. The van der Waals surface area contributed by atoms with Gasteiger partial charge in [0.2, 0.25) is 5.91 Å². The Morgan fingerprint density at radius 3 is 2.81 bits per heavy atom. The number of fused-ring (bicyclic) bond motifs is 1. The van der Waals surface area contributed by atoms with Gasteiger partial charge < -0.3 is 15.6 Å². The molecule has 2 aromatic rings. The number of carboxylic acids is 1. The van der Waals surface area contributed by atoms with Crippen LogP contribution in [0.4, 0.5) is 0 Å². The quantitative estimate of drug-likeness (QED) is 0.538. The lowest BCUT2D eigenvalue weighted by molar-refractivity contribution is -0.671. The minimum absolute atomic E-state index is 0. The number of thiazole rings is 1. The molecule has 2 aromatic heterocycles. The molecular formula is C16H15ClN4O3S3. The van der Waals surface area contributed by atoms with E-state index in [2.05, 4.69) is 4.98 Å². The summed E-state index contributed by atoms with van der Waals surface area (Å²) in [7, 11) is 1.94. The number of aryl methyl sites for hydroxylation is 1. The highest BCUT2D eigenvalue weighted by Gasteiger charge is 2.50. The first-order chi connectivity index (χ1) is 12.5. The van der Waals surface area contributed by atoms with Gasteiger partial charge in [-0.05, 0) is 0 Å². The van der Waals surface area contributed by atoms with Crippen LogP contribution in [0, 0.1) is 0 Å². The van der Waals surface area contributed by atoms with E-state index in [0.29, 0.717) is 10.7 Å². The summed E-state index contributed by atoms with van der Waals surface area (Å²) in [6.45, 7) is 0. The topological polar surface area (TPSA) is 103 Å². The van der Waals surface area contributed by atoms with E-state index in [1.165, 1.54) is 39.8 Å². The maximum atomic E-state index is 12.0. The first-order valence-electron chi connectivity index (χ1n) is 7.69. The molecule has 0 saturated carbocycles. The molecule has 2 aliphatic rings. The van der Waals surface area contributed by atoms with Gasteiger partial charge in [0.25, 0.3) is 0 Å². The van der Waals surface area contributed by atoms with Crippen molar-refractivity contribution in [1.29, 1.82) is 0 Å². The molecule has 2 atom stereocenters. The van der Waals surface area contributed by atoms with E-state index < -0.39 is 12.0 Å². The Morgan fingerprint density at radius 1 is 1.44 bits per heavy atom. The standard InChI is InChI=1S/C16H14N4O3S3.ClH/c1-19-4-2-8(3-5-19)9-6-25-16(18-9)26-10-7-24-14-11(17)13(21)20(14)12(10)15(22)23;/h2-6,11,14H,7,17H2,1H3;1H. The summed E-state index contributed by atoms with van der Waals surface area (Å²) in [5.74, 6) is -1.27. The maximum Gasteiger partial charge on any atom is 0.248 e.